The fourth-order valence-electron chi connectivity index (χ4n) is 2.12. The first-order chi connectivity index (χ1) is 10.6. The number of fused-ring (bicyclic) bond motifs is 1. The summed E-state index contributed by atoms with van der Waals surface area (Å²) in [6, 6.07) is 12.6. The van der Waals surface area contributed by atoms with Crippen molar-refractivity contribution < 1.29 is 14.3 Å². The van der Waals surface area contributed by atoms with Crippen molar-refractivity contribution in [3.05, 3.63) is 46.9 Å². The van der Waals surface area contributed by atoms with Crippen LogP contribution in [0.25, 0.3) is 0 Å². The summed E-state index contributed by atoms with van der Waals surface area (Å²) < 4.78 is 11.5. The molecule has 0 fully saturated rings. The van der Waals surface area contributed by atoms with Crippen molar-refractivity contribution in [3.63, 3.8) is 0 Å². The third-order valence-electron chi connectivity index (χ3n) is 3.24. The Morgan fingerprint density at radius 3 is 2.77 bits per heavy atom. The smallest absolute Gasteiger partial charge is 0.246 e. The molecule has 5 nitrogen and oxygen atoms in total. The molecule has 1 aliphatic rings. The van der Waals surface area contributed by atoms with Crippen molar-refractivity contribution >= 4 is 33.2 Å². The minimum Gasteiger partial charge on any atom is -0.454 e. The Morgan fingerprint density at radius 2 is 1.95 bits per heavy atom. The lowest BCUT2D eigenvalue weighted by Crippen LogP contribution is -2.31. The van der Waals surface area contributed by atoms with Gasteiger partial charge in [-0.25, -0.2) is 0 Å². The van der Waals surface area contributed by atoms with Gasteiger partial charge in [-0.1, -0.05) is 22.0 Å². The number of amides is 1. The molecule has 0 bridgehead atoms. The largest absolute Gasteiger partial charge is 0.454 e. The van der Waals surface area contributed by atoms with Crippen molar-refractivity contribution in [2.45, 2.75) is 13.0 Å². The lowest BCUT2D eigenvalue weighted by atomic mass is 10.2. The van der Waals surface area contributed by atoms with Crippen LogP contribution in [0.4, 0.5) is 11.4 Å². The standard InChI is InChI=1S/C16H15BrN2O3/c1-10(18-12-4-2-3-11(17)7-12)16(20)19-13-5-6-14-15(8-13)22-9-21-14/h2-8,10,18H,9H2,1H3,(H,19,20)/t10-/m1/s1. The van der Waals surface area contributed by atoms with Crippen LogP contribution in [0.2, 0.25) is 0 Å². The Labute approximate surface area is 136 Å². The van der Waals surface area contributed by atoms with E-state index < -0.39 is 0 Å². The highest BCUT2D eigenvalue weighted by molar-refractivity contribution is 9.10. The fraction of sp³-hybridized carbons (Fsp3) is 0.188. The molecule has 114 valence electrons. The predicted molar refractivity (Wildman–Crippen MR) is 88.4 cm³/mol. The minimum atomic E-state index is -0.375. The molecule has 0 spiro atoms. The van der Waals surface area contributed by atoms with Gasteiger partial charge in [0.1, 0.15) is 6.04 Å². The van der Waals surface area contributed by atoms with E-state index in [-0.39, 0.29) is 18.7 Å². The van der Waals surface area contributed by atoms with Gasteiger partial charge in [-0.3, -0.25) is 4.79 Å². The number of carbonyl (C=O) groups is 1. The van der Waals surface area contributed by atoms with E-state index in [9.17, 15) is 4.79 Å². The quantitative estimate of drug-likeness (QED) is 0.871. The summed E-state index contributed by atoms with van der Waals surface area (Å²) in [6.45, 7) is 2.02. The molecule has 0 radical (unpaired) electrons. The van der Waals surface area contributed by atoms with E-state index in [4.69, 9.17) is 9.47 Å². The third-order valence-corrected chi connectivity index (χ3v) is 3.73. The summed E-state index contributed by atoms with van der Waals surface area (Å²) >= 11 is 3.41. The second-order valence-electron chi connectivity index (χ2n) is 4.93. The average molecular weight is 363 g/mol. The average Bonchev–Trinajstić information content (AvgIpc) is 2.94. The highest BCUT2D eigenvalue weighted by Gasteiger charge is 2.16. The van der Waals surface area contributed by atoms with E-state index in [1.54, 1.807) is 18.2 Å². The van der Waals surface area contributed by atoms with E-state index >= 15 is 0 Å². The van der Waals surface area contributed by atoms with E-state index in [0.29, 0.717) is 17.2 Å². The topological polar surface area (TPSA) is 59.6 Å². The number of rotatable bonds is 4. The van der Waals surface area contributed by atoms with Gasteiger partial charge in [0, 0.05) is 21.9 Å². The molecule has 0 aliphatic carbocycles. The molecule has 2 N–H and O–H groups in total. The van der Waals surface area contributed by atoms with Crippen molar-refractivity contribution in [2.24, 2.45) is 0 Å². The van der Waals surface area contributed by atoms with Crippen LogP contribution in [-0.4, -0.2) is 18.7 Å². The molecule has 3 rings (SSSR count). The summed E-state index contributed by atoms with van der Waals surface area (Å²) in [5, 5.41) is 6.01. The summed E-state index contributed by atoms with van der Waals surface area (Å²) in [6.07, 6.45) is 0. The number of hydrogen-bond donors (Lipinski definition) is 2. The van der Waals surface area contributed by atoms with Crippen LogP contribution in [0.15, 0.2) is 46.9 Å². The Morgan fingerprint density at radius 1 is 1.14 bits per heavy atom. The highest BCUT2D eigenvalue weighted by atomic mass is 79.9. The maximum Gasteiger partial charge on any atom is 0.246 e. The maximum atomic E-state index is 12.2. The molecule has 1 amide bonds. The molecule has 0 saturated carbocycles. The molecule has 22 heavy (non-hydrogen) atoms. The molecule has 1 atom stereocenters. The van der Waals surface area contributed by atoms with Gasteiger partial charge in [-0.05, 0) is 37.3 Å². The second-order valence-corrected chi connectivity index (χ2v) is 5.85. The fourth-order valence-corrected chi connectivity index (χ4v) is 2.52. The van der Waals surface area contributed by atoms with Gasteiger partial charge in [-0.15, -0.1) is 0 Å². The number of anilines is 2. The number of nitrogens with one attached hydrogen (secondary N) is 2. The van der Waals surface area contributed by atoms with Gasteiger partial charge in [0.15, 0.2) is 11.5 Å². The number of benzene rings is 2. The summed E-state index contributed by atoms with van der Waals surface area (Å²) in [5.74, 6) is 1.21. The molecule has 1 heterocycles. The van der Waals surface area contributed by atoms with Crippen molar-refractivity contribution in [3.8, 4) is 11.5 Å². The predicted octanol–water partition coefficient (Wildman–Crippen LogP) is 3.62. The van der Waals surface area contributed by atoms with Crippen molar-refractivity contribution in [1.29, 1.82) is 0 Å². The van der Waals surface area contributed by atoms with Crippen LogP contribution in [0.5, 0.6) is 11.5 Å². The Balaban J connectivity index is 1.64. The third kappa shape index (κ3) is 3.33. The lowest BCUT2D eigenvalue weighted by Gasteiger charge is -2.15. The van der Waals surface area contributed by atoms with Crippen molar-refractivity contribution in [2.75, 3.05) is 17.4 Å². The van der Waals surface area contributed by atoms with Gasteiger partial charge < -0.3 is 20.1 Å². The zero-order valence-corrected chi connectivity index (χ0v) is 13.5. The zero-order valence-electron chi connectivity index (χ0n) is 11.9. The van der Waals surface area contributed by atoms with Crippen LogP contribution in [0.1, 0.15) is 6.92 Å². The SMILES string of the molecule is C[C@@H](Nc1cccc(Br)c1)C(=O)Nc1ccc2c(c1)OCO2. The van der Waals surface area contributed by atoms with Crippen LogP contribution >= 0.6 is 15.9 Å². The summed E-state index contributed by atoms with van der Waals surface area (Å²) in [4.78, 5) is 12.2. The Hall–Kier alpha value is -2.21. The van der Waals surface area contributed by atoms with E-state index in [1.807, 2.05) is 31.2 Å². The summed E-state index contributed by atoms with van der Waals surface area (Å²) in [5.41, 5.74) is 1.56. The monoisotopic (exact) mass is 362 g/mol. The van der Waals surface area contributed by atoms with Gasteiger partial charge in [0.05, 0.1) is 0 Å². The molecule has 1 aliphatic heterocycles. The van der Waals surface area contributed by atoms with E-state index in [2.05, 4.69) is 26.6 Å². The van der Waals surface area contributed by atoms with E-state index in [0.717, 1.165) is 10.2 Å². The number of carbonyl (C=O) groups excluding carboxylic acids is 1. The normalized spacial score (nSPS) is 13.5. The Bertz CT molecular complexity index is 706. The van der Waals surface area contributed by atoms with Crippen LogP contribution in [-0.2, 0) is 4.79 Å². The number of halogens is 1. The van der Waals surface area contributed by atoms with Gasteiger partial charge in [-0.2, -0.15) is 0 Å². The first kappa shape index (κ1) is 14.7. The first-order valence-corrected chi connectivity index (χ1v) is 7.64. The molecular formula is C16H15BrN2O3. The number of hydrogen-bond acceptors (Lipinski definition) is 4. The molecular weight excluding hydrogens is 348 g/mol. The van der Waals surface area contributed by atoms with Crippen LogP contribution < -0.4 is 20.1 Å². The van der Waals surface area contributed by atoms with Crippen LogP contribution in [0.3, 0.4) is 0 Å². The lowest BCUT2D eigenvalue weighted by molar-refractivity contribution is -0.116. The minimum absolute atomic E-state index is 0.126. The Kier molecular flexibility index (Phi) is 4.20. The van der Waals surface area contributed by atoms with Gasteiger partial charge in [0.2, 0.25) is 12.7 Å². The zero-order chi connectivity index (χ0) is 15.5. The highest BCUT2D eigenvalue weighted by Crippen LogP contribution is 2.34. The molecule has 0 unspecified atom stereocenters. The first-order valence-electron chi connectivity index (χ1n) is 6.84. The summed E-state index contributed by atoms with van der Waals surface area (Å²) in [7, 11) is 0. The molecule has 0 aromatic heterocycles. The van der Waals surface area contributed by atoms with Gasteiger partial charge >= 0.3 is 0 Å². The molecule has 6 heteroatoms. The second kappa shape index (κ2) is 6.27. The maximum absolute atomic E-state index is 12.2. The van der Waals surface area contributed by atoms with Crippen LogP contribution in [0, 0.1) is 0 Å². The number of ether oxygens (including phenoxy) is 2. The molecule has 2 aromatic carbocycles. The van der Waals surface area contributed by atoms with Gasteiger partial charge in [0.25, 0.3) is 0 Å². The van der Waals surface area contributed by atoms with E-state index in [1.165, 1.54) is 0 Å². The van der Waals surface area contributed by atoms with Crippen molar-refractivity contribution in [1.82, 2.24) is 0 Å². The molecule has 0 saturated heterocycles. The molecule has 2 aromatic rings.